The lowest BCUT2D eigenvalue weighted by atomic mass is 10.1. The zero-order valence-corrected chi connectivity index (χ0v) is 9.56. The molecular weight excluding hydrogens is 257 g/mol. The molecule has 1 aromatic rings. The van der Waals surface area contributed by atoms with Crippen LogP contribution in [0.3, 0.4) is 0 Å². The number of hydrogen-bond acceptors (Lipinski definition) is 3. The van der Waals surface area contributed by atoms with Crippen molar-refractivity contribution in [2.24, 2.45) is 0 Å². The van der Waals surface area contributed by atoms with E-state index in [0.29, 0.717) is 11.3 Å². The highest BCUT2D eigenvalue weighted by Crippen LogP contribution is 2.30. The van der Waals surface area contributed by atoms with Crippen LogP contribution >= 0.6 is 11.6 Å². The van der Waals surface area contributed by atoms with Crippen LogP contribution in [0.15, 0.2) is 6.20 Å². The fourth-order valence-electron chi connectivity index (χ4n) is 1.30. The Morgan fingerprint density at radius 2 is 2.18 bits per heavy atom. The Balaban J connectivity index is 3.17. The average Bonchev–Trinajstić information content (AvgIpc) is 2.21. The van der Waals surface area contributed by atoms with Crippen LogP contribution in [0.5, 0.6) is 5.75 Å². The monoisotopic (exact) mass is 264 g/mol. The Bertz CT molecular complexity index is 454. The van der Waals surface area contributed by atoms with Gasteiger partial charge in [0.25, 0.3) is 0 Å². The van der Waals surface area contributed by atoms with Crippen molar-refractivity contribution in [3.8, 4) is 11.8 Å². The summed E-state index contributed by atoms with van der Waals surface area (Å²) in [7, 11) is 0. The molecule has 1 rings (SSSR count). The number of hydrogen-bond donors (Lipinski definition) is 0. The summed E-state index contributed by atoms with van der Waals surface area (Å²) in [6.07, 6.45) is -3.83. The van der Waals surface area contributed by atoms with Crippen molar-refractivity contribution in [1.29, 1.82) is 5.26 Å². The molecule has 0 aliphatic carbocycles. The molecule has 1 aromatic heterocycles. The van der Waals surface area contributed by atoms with E-state index in [0.717, 1.165) is 6.20 Å². The van der Waals surface area contributed by atoms with Gasteiger partial charge < -0.3 is 4.74 Å². The standard InChI is InChI=1S/C10H8ClF3N2O/c1-6-7(4-11)9(17-10(12,13)14)5-16-8(6)2-3-15/h5H,2,4H2,1H3. The van der Waals surface area contributed by atoms with E-state index in [-0.39, 0.29) is 17.9 Å². The summed E-state index contributed by atoms with van der Waals surface area (Å²) in [5, 5.41) is 8.53. The van der Waals surface area contributed by atoms with Crippen molar-refractivity contribution in [3.05, 3.63) is 23.0 Å². The second-order valence-electron chi connectivity index (χ2n) is 3.19. The van der Waals surface area contributed by atoms with E-state index in [4.69, 9.17) is 16.9 Å². The number of pyridine rings is 1. The van der Waals surface area contributed by atoms with Gasteiger partial charge in [-0.2, -0.15) is 5.26 Å². The lowest BCUT2D eigenvalue weighted by molar-refractivity contribution is -0.275. The molecule has 0 aromatic carbocycles. The van der Waals surface area contributed by atoms with Crippen LogP contribution in [0.2, 0.25) is 0 Å². The largest absolute Gasteiger partial charge is 0.573 e. The number of ether oxygens (including phenoxy) is 1. The normalized spacial score (nSPS) is 11.1. The zero-order chi connectivity index (χ0) is 13.1. The van der Waals surface area contributed by atoms with Gasteiger partial charge in [-0.05, 0) is 12.5 Å². The minimum atomic E-state index is -4.79. The summed E-state index contributed by atoms with van der Waals surface area (Å²) < 4.78 is 40.1. The molecule has 0 aliphatic rings. The molecular formula is C10H8ClF3N2O. The first-order valence-corrected chi connectivity index (χ1v) is 5.08. The molecule has 0 saturated carbocycles. The Labute approximate surface area is 101 Å². The molecule has 1 heterocycles. The van der Waals surface area contributed by atoms with Gasteiger partial charge in [-0.1, -0.05) is 0 Å². The van der Waals surface area contributed by atoms with Crippen molar-refractivity contribution in [1.82, 2.24) is 4.98 Å². The van der Waals surface area contributed by atoms with Gasteiger partial charge in [0.15, 0.2) is 5.75 Å². The first-order valence-electron chi connectivity index (χ1n) is 4.55. The van der Waals surface area contributed by atoms with Gasteiger partial charge in [-0.3, -0.25) is 4.98 Å². The summed E-state index contributed by atoms with van der Waals surface area (Å²) in [6, 6.07) is 1.88. The average molecular weight is 265 g/mol. The van der Waals surface area contributed by atoms with E-state index in [1.807, 2.05) is 6.07 Å². The highest BCUT2D eigenvalue weighted by molar-refractivity contribution is 6.17. The van der Waals surface area contributed by atoms with E-state index in [1.54, 1.807) is 6.92 Å². The quantitative estimate of drug-likeness (QED) is 0.788. The maximum Gasteiger partial charge on any atom is 0.573 e. The van der Waals surface area contributed by atoms with E-state index in [1.165, 1.54) is 0 Å². The highest BCUT2D eigenvalue weighted by Gasteiger charge is 2.32. The topological polar surface area (TPSA) is 45.9 Å². The van der Waals surface area contributed by atoms with Gasteiger partial charge in [0.1, 0.15) is 0 Å². The molecule has 7 heteroatoms. The number of alkyl halides is 4. The fourth-order valence-corrected chi connectivity index (χ4v) is 1.63. The summed E-state index contributed by atoms with van der Waals surface area (Å²) in [5.41, 5.74) is 1.05. The van der Waals surface area contributed by atoms with Gasteiger partial charge in [0.05, 0.1) is 30.3 Å². The van der Waals surface area contributed by atoms with Crippen molar-refractivity contribution in [2.45, 2.75) is 25.6 Å². The fraction of sp³-hybridized carbons (Fsp3) is 0.400. The van der Waals surface area contributed by atoms with E-state index in [9.17, 15) is 13.2 Å². The molecule has 17 heavy (non-hydrogen) atoms. The van der Waals surface area contributed by atoms with Gasteiger partial charge in [-0.25, -0.2) is 0 Å². The molecule has 0 spiro atoms. The first-order chi connectivity index (χ1) is 7.89. The number of nitrogens with zero attached hydrogens (tertiary/aromatic N) is 2. The van der Waals surface area contributed by atoms with Gasteiger partial charge in [-0.15, -0.1) is 24.8 Å². The number of aromatic nitrogens is 1. The smallest absolute Gasteiger partial charge is 0.404 e. The third-order valence-electron chi connectivity index (χ3n) is 2.13. The molecule has 0 saturated heterocycles. The Morgan fingerprint density at radius 3 is 2.65 bits per heavy atom. The molecule has 0 amide bonds. The second kappa shape index (κ2) is 5.23. The molecule has 0 N–H and O–H groups in total. The van der Waals surface area contributed by atoms with Crippen LogP contribution in [0.1, 0.15) is 16.8 Å². The number of rotatable bonds is 3. The maximum atomic E-state index is 12.1. The summed E-state index contributed by atoms with van der Waals surface area (Å²) >= 11 is 5.58. The minimum Gasteiger partial charge on any atom is -0.404 e. The Kier molecular flexibility index (Phi) is 4.18. The molecule has 0 atom stereocenters. The van der Waals surface area contributed by atoms with Crippen LogP contribution in [0.25, 0.3) is 0 Å². The third kappa shape index (κ3) is 3.49. The predicted octanol–water partition coefficient (Wildman–Crippen LogP) is 3.09. The lowest BCUT2D eigenvalue weighted by Gasteiger charge is -2.14. The highest BCUT2D eigenvalue weighted by atomic mass is 35.5. The van der Waals surface area contributed by atoms with E-state index < -0.39 is 12.1 Å². The van der Waals surface area contributed by atoms with Crippen molar-refractivity contribution < 1.29 is 17.9 Å². The van der Waals surface area contributed by atoms with Crippen molar-refractivity contribution in [2.75, 3.05) is 0 Å². The van der Waals surface area contributed by atoms with Gasteiger partial charge >= 0.3 is 6.36 Å². The number of halogens is 4. The van der Waals surface area contributed by atoms with Gasteiger partial charge in [0.2, 0.25) is 0 Å². The van der Waals surface area contributed by atoms with Crippen molar-refractivity contribution >= 4 is 11.6 Å². The Hall–Kier alpha value is -1.48. The molecule has 0 radical (unpaired) electrons. The second-order valence-corrected chi connectivity index (χ2v) is 3.46. The number of nitriles is 1. The minimum absolute atomic E-state index is 0.0159. The SMILES string of the molecule is Cc1c(CC#N)ncc(OC(F)(F)F)c1CCl. The Morgan fingerprint density at radius 1 is 1.53 bits per heavy atom. The summed E-state index contributed by atoms with van der Waals surface area (Å²) in [6.45, 7) is 1.56. The van der Waals surface area contributed by atoms with Crippen LogP contribution in [0, 0.1) is 18.3 Å². The van der Waals surface area contributed by atoms with Crippen LogP contribution in [-0.2, 0) is 12.3 Å². The third-order valence-corrected chi connectivity index (χ3v) is 2.39. The van der Waals surface area contributed by atoms with Crippen LogP contribution in [-0.4, -0.2) is 11.3 Å². The molecule has 0 bridgehead atoms. The van der Waals surface area contributed by atoms with Crippen LogP contribution in [0.4, 0.5) is 13.2 Å². The molecule has 3 nitrogen and oxygen atoms in total. The summed E-state index contributed by atoms with van der Waals surface area (Å²) in [4.78, 5) is 3.75. The molecule has 0 fully saturated rings. The van der Waals surface area contributed by atoms with E-state index in [2.05, 4.69) is 9.72 Å². The molecule has 92 valence electrons. The summed E-state index contributed by atoms with van der Waals surface area (Å²) in [5.74, 6) is -0.565. The zero-order valence-electron chi connectivity index (χ0n) is 8.81. The van der Waals surface area contributed by atoms with Crippen molar-refractivity contribution in [3.63, 3.8) is 0 Å². The first kappa shape index (κ1) is 13.6. The predicted molar refractivity (Wildman–Crippen MR) is 54.5 cm³/mol. The van der Waals surface area contributed by atoms with E-state index >= 15 is 0 Å². The molecule has 0 unspecified atom stereocenters. The van der Waals surface area contributed by atoms with Gasteiger partial charge in [0, 0.05) is 5.56 Å². The van der Waals surface area contributed by atoms with Crippen LogP contribution < -0.4 is 4.74 Å². The maximum absolute atomic E-state index is 12.1. The lowest BCUT2D eigenvalue weighted by Crippen LogP contribution is -2.19. The molecule has 0 aliphatic heterocycles.